The zero-order chi connectivity index (χ0) is 14.6. The first-order valence-electron chi connectivity index (χ1n) is 7.64. The van der Waals surface area contributed by atoms with E-state index in [2.05, 4.69) is 39.9 Å². The molecule has 1 unspecified atom stereocenters. The lowest BCUT2D eigenvalue weighted by Crippen LogP contribution is -2.53. The van der Waals surface area contributed by atoms with E-state index in [4.69, 9.17) is 0 Å². The first-order valence-corrected chi connectivity index (χ1v) is 7.64. The van der Waals surface area contributed by atoms with Gasteiger partial charge in [0, 0.05) is 12.3 Å². The van der Waals surface area contributed by atoms with Crippen LogP contribution in [0.25, 0.3) is 0 Å². The van der Waals surface area contributed by atoms with Crippen LogP contribution in [-0.4, -0.2) is 11.8 Å². The molecule has 2 amide bonds. The molecule has 110 valence electrons. The number of imide groups is 1. The Balaban J connectivity index is 3.10. The summed E-state index contributed by atoms with van der Waals surface area (Å²) in [6.07, 6.45) is 4.33. The van der Waals surface area contributed by atoms with Crippen LogP contribution in [0.4, 0.5) is 0 Å². The molecule has 0 radical (unpaired) electrons. The first kappa shape index (κ1) is 16.2. The summed E-state index contributed by atoms with van der Waals surface area (Å²) < 4.78 is 0. The van der Waals surface area contributed by atoms with Crippen molar-refractivity contribution in [1.29, 1.82) is 0 Å². The number of hydrogen-bond donors (Lipinski definition) is 1. The summed E-state index contributed by atoms with van der Waals surface area (Å²) >= 11 is 0. The van der Waals surface area contributed by atoms with Crippen LogP contribution in [0.2, 0.25) is 0 Å². The molecule has 1 aliphatic heterocycles. The zero-order valence-electron chi connectivity index (χ0n) is 13.1. The molecule has 0 spiro atoms. The molecule has 1 rings (SSSR count). The Bertz CT molecular complexity index is 324. The maximum absolute atomic E-state index is 12.2. The van der Waals surface area contributed by atoms with Crippen molar-refractivity contribution in [1.82, 2.24) is 5.32 Å². The number of nitrogens with one attached hydrogen (secondary N) is 1. The fraction of sp³-hybridized carbons (Fsp3) is 0.875. The van der Waals surface area contributed by atoms with Crippen molar-refractivity contribution in [3.63, 3.8) is 0 Å². The van der Waals surface area contributed by atoms with Crippen LogP contribution in [0.15, 0.2) is 0 Å². The van der Waals surface area contributed by atoms with E-state index in [1.165, 1.54) is 0 Å². The van der Waals surface area contributed by atoms with Gasteiger partial charge in [-0.1, -0.05) is 41.0 Å². The third kappa shape index (κ3) is 4.05. The number of amides is 2. The lowest BCUT2D eigenvalue weighted by atomic mass is 9.61. The zero-order valence-corrected chi connectivity index (χ0v) is 13.1. The normalized spacial score (nSPS) is 23.0. The van der Waals surface area contributed by atoms with Gasteiger partial charge >= 0.3 is 0 Å². The minimum Gasteiger partial charge on any atom is -0.296 e. The Labute approximate surface area is 117 Å². The summed E-state index contributed by atoms with van der Waals surface area (Å²) in [5, 5.41) is 2.54. The van der Waals surface area contributed by atoms with Crippen molar-refractivity contribution in [2.75, 3.05) is 0 Å². The SMILES string of the molecule is CCCC1C(=O)NC(=O)CC1(CC(C)C)CC(C)C. The summed E-state index contributed by atoms with van der Waals surface area (Å²) in [5.41, 5.74) is -0.127. The van der Waals surface area contributed by atoms with E-state index in [1.54, 1.807) is 0 Å². The van der Waals surface area contributed by atoms with Crippen LogP contribution >= 0.6 is 0 Å². The second-order valence-corrected chi connectivity index (χ2v) is 6.99. The van der Waals surface area contributed by atoms with Gasteiger partial charge in [0.25, 0.3) is 0 Å². The van der Waals surface area contributed by atoms with Gasteiger partial charge in [-0.2, -0.15) is 0 Å². The topological polar surface area (TPSA) is 46.2 Å². The number of carbonyl (C=O) groups is 2. The number of piperidine rings is 1. The molecule has 0 aliphatic carbocycles. The number of rotatable bonds is 6. The van der Waals surface area contributed by atoms with Gasteiger partial charge in [0.1, 0.15) is 0 Å². The summed E-state index contributed by atoms with van der Waals surface area (Å²) in [6.45, 7) is 10.8. The Morgan fingerprint density at radius 3 is 2.11 bits per heavy atom. The van der Waals surface area contributed by atoms with Crippen LogP contribution in [-0.2, 0) is 9.59 Å². The van der Waals surface area contributed by atoms with E-state index >= 15 is 0 Å². The van der Waals surface area contributed by atoms with Crippen LogP contribution in [0.1, 0.15) is 66.7 Å². The van der Waals surface area contributed by atoms with Crippen molar-refractivity contribution in [2.45, 2.75) is 66.7 Å². The Kier molecular flexibility index (Phi) is 5.57. The highest BCUT2D eigenvalue weighted by Gasteiger charge is 2.47. The quantitative estimate of drug-likeness (QED) is 0.748. The summed E-state index contributed by atoms with van der Waals surface area (Å²) in [5.74, 6) is 0.895. The predicted molar refractivity (Wildman–Crippen MR) is 77.5 cm³/mol. The van der Waals surface area contributed by atoms with Crippen LogP contribution in [0, 0.1) is 23.2 Å². The Hall–Kier alpha value is -0.860. The van der Waals surface area contributed by atoms with Crippen LogP contribution < -0.4 is 5.32 Å². The number of hydrogen-bond acceptors (Lipinski definition) is 2. The molecular formula is C16H29NO2. The van der Waals surface area contributed by atoms with Crippen molar-refractivity contribution >= 4 is 11.8 Å². The molecule has 0 aromatic heterocycles. The summed E-state index contributed by atoms with van der Waals surface area (Å²) in [4.78, 5) is 24.1. The van der Waals surface area contributed by atoms with Gasteiger partial charge in [-0.15, -0.1) is 0 Å². The van der Waals surface area contributed by atoms with Gasteiger partial charge < -0.3 is 0 Å². The molecule has 1 heterocycles. The molecule has 0 aromatic carbocycles. The van der Waals surface area contributed by atoms with E-state index in [-0.39, 0.29) is 23.1 Å². The Morgan fingerprint density at radius 1 is 1.16 bits per heavy atom. The molecule has 3 nitrogen and oxygen atoms in total. The fourth-order valence-corrected chi connectivity index (χ4v) is 3.85. The monoisotopic (exact) mass is 267 g/mol. The van der Waals surface area contributed by atoms with Crippen molar-refractivity contribution in [2.24, 2.45) is 23.2 Å². The van der Waals surface area contributed by atoms with E-state index in [0.717, 1.165) is 25.7 Å². The average molecular weight is 267 g/mol. The van der Waals surface area contributed by atoms with Gasteiger partial charge in [0.05, 0.1) is 0 Å². The third-order valence-electron chi connectivity index (χ3n) is 4.04. The molecule has 1 saturated heterocycles. The van der Waals surface area contributed by atoms with E-state index in [1.807, 2.05) is 0 Å². The van der Waals surface area contributed by atoms with Gasteiger partial charge in [0.2, 0.25) is 11.8 Å². The standard InChI is InChI=1S/C16H29NO2/c1-6-7-13-15(19)17-14(18)10-16(13,8-11(2)3)9-12(4)5/h11-13H,6-10H2,1-5H3,(H,17,18,19). The molecule has 1 atom stereocenters. The lowest BCUT2D eigenvalue weighted by molar-refractivity contribution is -0.146. The molecule has 1 aliphatic rings. The summed E-state index contributed by atoms with van der Waals surface area (Å²) in [7, 11) is 0. The van der Waals surface area contributed by atoms with E-state index in [9.17, 15) is 9.59 Å². The van der Waals surface area contributed by atoms with Crippen molar-refractivity contribution < 1.29 is 9.59 Å². The maximum atomic E-state index is 12.2. The highest BCUT2D eigenvalue weighted by molar-refractivity contribution is 5.99. The third-order valence-corrected chi connectivity index (χ3v) is 4.04. The lowest BCUT2D eigenvalue weighted by Gasteiger charge is -2.45. The highest BCUT2D eigenvalue weighted by Crippen LogP contribution is 2.47. The van der Waals surface area contributed by atoms with Gasteiger partial charge in [-0.05, 0) is 36.5 Å². The molecule has 19 heavy (non-hydrogen) atoms. The van der Waals surface area contributed by atoms with E-state index < -0.39 is 0 Å². The highest BCUT2D eigenvalue weighted by atomic mass is 16.2. The molecule has 1 N–H and O–H groups in total. The molecular weight excluding hydrogens is 238 g/mol. The first-order chi connectivity index (χ1) is 8.80. The predicted octanol–water partition coefficient (Wildman–Crippen LogP) is 3.53. The minimum atomic E-state index is -0.127. The second-order valence-electron chi connectivity index (χ2n) is 6.99. The molecule has 0 bridgehead atoms. The largest absolute Gasteiger partial charge is 0.296 e. The minimum absolute atomic E-state index is 0.000000000000000444. The van der Waals surface area contributed by atoms with E-state index in [0.29, 0.717) is 18.3 Å². The van der Waals surface area contributed by atoms with Crippen LogP contribution in [0.5, 0.6) is 0 Å². The summed E-state index contributed by atoms with van der Waals surface area (Å²) in [6, 6.07) is 0. The molecule has 0 saturated carbocycles. The van der Waals surface area contributed by atoms with Crippen LogP contribution in [0.3, 0.4) is 0 Å². The Morgan fingerprint density at radius 2 is 1.68 bits per heavy atom. The fourth-order valence-electron chi connectivity index (χ4n) is 3.85. The van der Waals surface area contributed by atoms with Gasteiger partial charge in [0.15, 0.2) is 0 Å². The molecule has 1 fully saturated rings. The van der Waals surface area contributed by atoms with Crippen molar-refractivity contribution in [3.8, 4) is 0 Å². The van der Waals surface area contributed by atoms with Gasteiger partial charge in [-0.25, -0.2) is 0 Å². The van der Waals surface area contributed by atoms with Crippen molar-refractivity contribution in [3.05, 3.63) is 0 Å². The average Bonchev–Trinajstić information content (AvgIpc) is 2.21. The molecule has 0 aromatic rings. The van der Waals surface area contributed by atoms with Gasteiger partial charge in [-0.3, -0.25) is 14.9 Å². The second kappa shape index (κ2) is 6.53. The molecule has 3 heteroatoms. The maximum Gasteiger partial charge on any atom is 0.230 e. The smallest absolute Gasteiger partial charge is 0.230 e. The number of carbonyl (C=O) groups excluding carboxylic acids is 2.